The van der Waals surface area contributed by atoms with Gasteiger partial charge in [0, 0.05) is 6.42 Å². The fourth-order valence-electron chi connectivity index (χ4n) is 0.974. The lowest BCUT2D eigenvalue weighted by Gasteiger charge is -2.00. The molecule has 13 heavy (non-hydrogen) atoms. The Balaban J connectivity index is 2.68. The van der Waals surface area contributed by atoms with Gasteiger partial charge in [0.15, 0.2) is 11.6 Å². The van der Waals surface area contributed by atoms with Crippen molar-refractivity contribution in [3.63, 3.8) is 0 Å². The third-order valence-corrected chi connectivity index (χ3v) is 1.67. The van der Waals surface area contributed by atoms with Crippen molar-refractivity contribution in [1.29, 1.82) is 5.41 Å². The molecule has 0 amide bonds. The molecule has 0 aromatic heterocycles. The van der Waals surface area contributed by atoms with Gasteiger partial charge in [0.25, 0.3) is 0 Å². The number of nitrogens with one attached hydrogen (secondary N) is 1. The number of hydrogen-bond acceptors (Lipinski definition) is 1. The third kappa shape index (κ3) is 2.82. The van der Waals surface area contributed by atoms with Gasteiger partial charge in [-0.3, -0.25) is 5.41 Å². The first-order valence-corrected chi connectivity index (χ1v) is 3.86. The Morgan fingerprint density at radius 3 is 2.54 bits per heavy atom. The van der Waals surface area contributed by atoms with Crippen LogP contribution in [-0.2, 0) is 6.42 Å². The molecule has 0 saturated heterocycles. The van der Waals surface area contributed by atoms with Crippen LogP contribution < -0.4 is 5.73 Å². The van der Waals surface area contributed by atoms with Crippen LogP contribution in [0, 0.1) is 17.0 Å². The van der Waals surface area contributed by atoms with Crippen LogP contribution in [0.4, 0.5) is 8.78 Å². The Labute approximate surface area is 74.9 Å². The summed E-state index contributed by atoms with van der Waals surface area (Å²) in [5, 5.41) is 6.95. The summed E-state index contributed by atoms with van der Waals surface area (Å²) in [5.41, 5.74) is 5.77. The van der Waals surface area contributed by atoms with Gasteiger partial charge in [-0.1, -0.05) is 6.07 Å². The first kappa shape index (κ1) is 9.64. The van der Waals surface area contributed by atoms with Crippen LogP contribution >= 0.6 is 0 Å². The molecule has 3 N–H and O–H groups in total. The van der Waals surface area contributed by atoms with Crippen LogP contribution in [0.3, 0.4) is 0 Å². The van der Waals surface area contributed by atoms with E-state index in [9.17, 15) is 8.78 Å². The number of halogens is 2. The van der Waals surface area contributed by atoms with E-state index in [0.717, 1.165) is 12.1 Å². The fraction of sp³-hybridized carbons (Fsp3) is 0.222. The summed E-state index contributed by atoms with van der Waals surface area (Å²) in [5.74, 6) is -1.67. The second-order valence-electron chi connectivity index (χ2n) is 2.77. The summed E-state index contributed by atoms with van der Waals surface area (Å²) >= 11 is 0. The van der Waals surface area contributed by atoms with Crippen molar-refractivity contribution in [2.45, 2.75) is 12.8 Å². The van der Waals surface area contributed by atoms with Crippen molar-refractivity contribution in [3.8, 4) is 0 Å². The zero-order valence-electron chi connectivity index (χ0n) is 6.98. The normalized spacial score (nSPS) is 10.0. The molecule has 0 fully saturated rings. The van der Waals surface area contributed by atoms with Crippen LogP contribution in [0.25, 0.3) is 0 Å². The highest BCUT2D eigenvalue weighted by Gasteiger charge is 2.02. The van der Waals surface area contributed by atoms with Gasteiger partial charge in [0.2, 0.25) is 0 Å². The molecule has 70 valence electrons. The number of amidine groups is 1. The van der Waals surface area contributed by atoms with Gasteiger partial charge in [-0.25, -0.2) is 8.78 Å². The SMILES string of the molecule is N=C(N)CCc1ccc(F)c(F)c1. The lowest BCUT2D eigenvalue weighted by molar-refractivity contribution is 0.507. The smallest absolute Gasteiger partial charge is 0.159 e. The standard InChI is InChI=1S/C9H10F2N2/c10-7-3-1-6(5-8(7)11)2-4-9(12)13/h1,3,5H,2,4H2,(H3,12,13). The minimum Gasteiger partial charge on any atom is -0.388 e. The van der Waals surface area contributed by atoms with E-state index < -0.39 is 11.6 Å². The van der Waals surface area contributed by atoms with Crippen molar-refractivity contribution in [3.05, 3.63) is 35.4 Å². The van der Waals surface area contributed by atoms with Gasteiger partial charge in [-0.2, -0.15) is 0 Å². The zero-order valence-corrected chi connectivity index (χ0v) is 6.98. The molecule has 0 spiro atoms. The summed E-state index contributed by atoms with van der Waals surface area (Å²) in [6.45, 7) is 0. The van der Waals surface area contributed by atoms with Crippen molar-refractivity contribution < 1.29 is 8.78 Å². The van der Waals surface area contributed by atoms with E-state index in [1.54, 1.807) is 0 Å². The molecule has 0 unspecified atom stereocenters. The lowest BCUT2D eigenvalue weighted by atomic mass is 10.1. The van der Waals surface area contributed by atoms with Gasteiger partial charge in [0.05, 0.1) is 5.84 Å². The van der Waals surface area contributed by atoms with Crippen molar-refractivity contribution in [1.82, 2.24) is 0 Å². The third-order valence-electron chi connectivity index (χ3n) is 1.67. The quantitative estimate of drug-likeness (QED) is 0.546. The lowest BCUT2D eigenvalue weighted by Crippen LogP contribution is -2.10. The topological polar surface area (TPSA) is 49.9 Å². The summed E-state index contributed by atoms with van der Waals surface area (Å²) in [7, 11) is 0. The maximum atomic E-state index is 12.6. The Hall–Kier alpha value is -1.45. The van der Waals surface area contributed by atoms with Crippen LogP contribution in [0.5, 0.6) is 0 Å². The first-order chi connectivity index (χ1) is 6.09. The molecule has 1 aromatic rings. The molecule has 0 radical (unpaired) electrons. The average Bonchev–Trinajstić information content (AvgIpc) is 2.07. The summed E-state index contributed by atoms with van der Waals surface area (Å²) in [4.78, 5) is 0. The second kappa shape index (κ2) is 3.98. The van der Waals surface area contributed by atoms with Crippen LogP contribution in [0.2, 0.25) is 0 Å². The summed E-state index contributed by atoms with van der Waals surface area (Å²) < 4.78 is 25.1. The number of nitrogens with two attached hydrogens (primary N) is 1. The zero-order chi connectivity index (χ0) is 9.84. The van der Waals surface area contributed by atoms with Crippen LogP contribution in [-0.4, -0.2) is 5.84 Å². The first-order valence-electron chi connectivity index (χ1n) is 3.86. The maximum absolute atomic E-state index is 12.6. The van der Waals surface area contributed by atoms with Gasteiger partial charge in [0.1, 0.15) is 0 Å². The van der Waals surface area contributed by atoms with Crippen LogP contribution in [0.1, 0.15) is 12.0 Å². The highest BCUT2D eigenvalue weighted by molar-refractivity contribution is 5.77. The summed E-state index contributed by atoms with van der Waals surface area (Å²) in [6, 6.07) is 3.68. The molecule has 0 aliphatic rings. The van der Waals surface area contributed by atoms with E-state index in [1.165, 1.54) is 6.07 Å². The van der Waals surface area contributed by atoms with Gasteiger partial charge >= 0.3 is 0 Å². The van der Waals surface area contributed by atoms with Crippen molar-refractivity contribution >= 4 is 5.84 Å². The van der Waals surface area contributed by atoms with Crippen LogP contribution in [0.15, 0.2) is 18.2 Å². The number of rotatable bonds is 3. The van der Waals surface area contributed by atoms with E-state index in [-0.39, 0.29) is 5.84 Å². The molecule has 1 rings (SSSR count). The minimum absolute atomic E-state index is 0.0460. The molecule has 0 saturated carbocycles. The Morgan fingerprint density at radius 2 is 2.00 bits per heavy atom. The second-order valence-corrected chi connectivity index (χ2v) is 2.77. The van der Waals surface area contributed by atoms with E-state index in [2.05, 4.69) is 0 Å². The molecule has 2 nitrogen and oxygen atoms in total. The predicted octanol–water partition coefficient (Wildman–Crippen LogP) is 1.83. The highest BCUT2D eigenvalue weighted by atomic mass is 19.2. The van der Waals surface area contributed by atoms with Crippen molar-refractivity contribution in [2.24, 2.45) is 5.73 Å². The molecular weight excluding hydrogens is 174 g/mol. The minimum atomic E-state index is -0.860. The van der Waals surface area contributed by atoms with Gasteiger partial charge in [-0.15, -0.1) is 0 Å². The predicted molar refractivity (Wildman–Crippen MR) is 46.6 cm³/mol. The van der Waals surface area contributed by atoms with E-state index in [0.29, 0.717) is 18.4 Å². The monoisotopic (exact) mass is 184 g/mol. The average molecular weight is 184 g/mol. The molecule has 1 aromatic carbocycles. The molecule has 0 bridgehead atoms. The Morgan fingerprint density at radius 1 is 1.31 bits per heavy atom. The van der Waals surface area contributed by atoms with E-state index in [1.807, 2.05) is 0 Å². The molecule has 0 atom stereocenters. The summed E-state index contributed by atoms with van der Waals surface area (Å²) in [6.07, 6.45) is 0.831. The Bertz CT molecular complexity index is 323. The van der Waals surface area contributed by atoms with Crippen molar-refractivity contribution in [2.75, 3.05) is 0 Å². The number of hydrogen-bond donors (Lipinski definition) is 2. The Kier molecular flexibility index (Phi) is 2.95. The largest absolute Gasteiger partial charge is 0.388 e. The van der Waals surface area contributed by atoms with Gasteiger partial charge < -0.3 is 5.73 Å². The highest BCUT2D eigenvalue weighted by Crippen LogP contribution is 2.09. The number of benzene rings is 1. The molecule has 4 heteroatoms. The maximum Gasteiger partial charge on any atom is 0.159 e. The molecular formula is C9H10F2N2. The van der Waals surface area contributed by atoms with Gasteiger partial charge in [-0.05, 0) is 24.1 Å². The fourth-order valence-corrected chi connectivity index (χ4v) is 0.974. The molecule has 0 heterocycles. The molecule has 0 aliphatic carbocycles. The van der Waals surface area contributed by atoms with E-state index >= 15 is 0 Å². The molecule has 0 aliphatic heterocycles. The number of aryl methyl sites for hydroxylation is 1. The van der Waals surface area contributed by atoms with E-state index in [4.69, 9.17) is 11.1 Å².